The Bertz CT molecular complexity index is 1480. The van der Waals surface area contributed by atoms with Gasteiger partial charge in [0.2, 0.25) is 18.6 Å². The highest BCUT2D eigenvalue weighted by atomic mass is 35.5. The van der Waals surface area contributed by atoms with Crippen LogP contribution < -0.4 is 29.7 Å². The molecule has 214 valence electrons. The third kappa shape index (κ3) is 6.65. The van der Waals surface area contributed by atoms with Crippen molar-refractivity contribution in [1.82, 2.24) is 5.32 Å². The van der Waals surface area contributed by atoms with Gasteiger partial charge in [0, 0.05) is 30.9 Å². The molecular weight excluding hydrogens is 567 g/mol. The van der Waals surface area contributed by atoms with Crippen LogP contribution in [0, 0.1) is 5.92 Å². The van der Waals surface area contributed by atoms with Gasteiger partial charge in [-0.15, -0.1) is 0 Å². The van der Waals surface area contributed by atoms with Crippen molar-refractivity contribution in [3.63, 3.8) is 0 Å². The number of carbonyl (C=O) groups is 3. The minimum atomic E-state index is -4.66. The fourth-order valence-corrected chi connectivity index (χ4v) is 4.63. The molecule has 0 bridgehead atoms. The molecule has 1 atom stereocenters. The van der Waals surface area contributed by atoms with Gasteiger partial charge in [0.15, 0.2) is 18.1 Å². The smallest absolute Gasteiger partial charge is 0.417 e. The highest BCUT2D eigenvalue weighted by Crippen LogP contribution is 2.36. The van der Waals surface area contributed by atoms with Crippen LogP contribution in [0.3, 0.4) is 0 Å². The third-order valence-corrected chi connectivity index (χ3v) is 6.80. The van der Waals surface area contributed by atoms with E-state index in [0.29, 0.717) is 22.9 Å². The Hall–Kier alpha value is -4.45. The van der Waals surface area contributed by atoms with Crippen LogP contribution in [0.25, 0.3) is 0 Å². The summed E-state index contributed by atoms with van der Waals surface area (Å²) in [5, 5.41) is 4.72. The summed E-state index contributed by atoms with van der Waals surface area (Å²) in [4.78, 5) is 39.0. The maximum atomic E-state index is 13.0. The van der Waals surface area contributed by atoms with Crippen LogP contribution in [0.5, 0.6) is 17.2 Å². The van der Waals surface area contributed by atoms with E-state index in [1.54, 1.807) is 36.4 Å². The number of hydrogen-bond acceptors (Lipinski definition) is 6. The molecule has 0 unspecified atom stereocenters. The van der Waals surface area contributed by atoms with Crippen LogP contribution >= 0.6 is 11.6 Å². The standard InChI is InChI=1S/C28H23ClF3N3O6/c29-22-7-2-18(11-21(22)28(30,31)32)34-25(36)14-39-20-5-3-19(4-6-20)35-13-17(10-26(35)37)27(38)33-12-16-1-8-23-24(9-16)41-15-40-23/h1-9,11,17H,10,12-15H2,(H,33,38)(H,34,36)/t17-/m1/s1. The molecule has 2 N–H and O–H groups in total. The van der Waals surface area contributed by atoms with Gasteiger partial charge in [0.25, 0.3) is 5.91 Å². The van der Waals surface area contributed by atoms with E-state index in [0.717, 1.165) is 17.7 Å². The van der Waals surface area contributed by atoms with Crippen molar-refractivity contribution >= 4 is 40.7 Å². The van der Waals surface area contributed by atoms with Gasteiger partial charge in [-0.1, -0.05) is 17.7 Å². The molecule has 9 nitrogen and oxygen atoms in total. The number of amides is 3. The molecule has 13 heteroatoms. The Labute approximate surface area is 237 Å². The molecule has 5 rings (SSSR count). The first kappa shape index (κ1) is 28.1. The van der Waals surface area contributed by atoms with Gasteiger partial charge in [0.1, 0.15) is 5.75 Å². The van der Waals surface area contributed by atoms with Crippen LogP contribution in [0.4, 0.5) is 24.5 Å². The van der Waals surface area contributed by atoms with Crippen LogP contribution in [0.2, 0.25) is 5.02 Å². The molecule has 1 saturated heterocycles. The fraction of sp³-hybridized carbons (Fsp3) is 0.250. The molecule has 0 radical (unpaired) electrons. The Kier molecular flexibility index (Phi) is 7.93. The monoisotopic (exact) mass is 589 g/mol. The molecule has 41 heavy (non-hydrogen) atoms. The van der Waals surface area contributed by atoms with Crippen molar-refractivity contribution in [2.45, 2.75) is 19.1 Å². The van der Waals surface area contributed by atoms with Crippen molar-refractivity contribution in [3.05, 3.63) is 76.8 Å². The van der Waals surface area contributed by atoms with Crippen LogP contribution in [-0.2, 0) is 27.1 Å². The van der Waals surface area contributed by atoms with Crippen molar-refractivity contribution in [3.8, 4) is 17.2 Å². The van der Waals surface area contributed by atoms with Gasteiger partial charge < -0.3 is 29.7 Å². The largest absolute Gasteiger partial charge is 0.484 e. The van der Waals surface area contributed by atoms with Crippen molar-refractivity contribution < 1.29 is 41.8 Å². The number of alkyl halides is 3. The SMILES string of the molecule is O=C(COc1ccc(N2C[C@H](C(=O)NCc3ccc4c(c3)OCO4)CC2=O)cc1)Nc1ccc(Cl)c(C(F)(F)F)c1. The molecule has 3 aromatic rings. The van der Waals surface area contributed by atoms with Gasteiger partial charge in [-0.25, -0.2) is 0 Å². The summed E-state index contributed by atoms with van der Waals surface area (Å²) in [6, 6.07) is 14.8. The number of halogens is 4. The summed E-state index contributed by atoms with van der Waals surface area (Å²) < 4.78 is 55.1. The first-order valence-electron chi connectivity index (χ1n) is 12.4. The lowest BCUT2D eigenvalue weighted by Gasteiger charge is -2.17. The molecule has 0 saturated carbocycles. The maximum absolute atomic E-state index is 13.0. The molecule has 3 amide bonds. The van der Waals surface area contributed by atoms with Crippen molar-refractivity contribution in [2.24, 2.45) is 5.92 Å². The van der Waals surface area contributed by atoms with E-state index >= 15 is 0 Å². The summed E-state index contributed by atoms with van der Waals surface area (Å²) >= 11 is 5.59. The molecule has 0 aromatic heterocycles. The topological polar surface area (TPSA) is 106 Å². The number of benzene rings is 3. The van der Waals surface area contributed by atoms with Crippen LogP contribution in [-0.4, -0.2) is 37.7 Å². The van der Waals surface area contributed by atoms with E-state index in [-0.39, 0.29) is 43.8 Å². The number of rotatable bonds is 8. The van der Waals surface area contributed by atoms with Gasteiger partial charge >= 0.3 is 6.18 Å². The number of ether oxygens (including phenoxy) is 3. The lowest BCUT2D eigenvalue weighted by Crippen LogP contribution is -2.32. The highest BCUT2D eigenvalue weighted by molar-refractivity contribution is 6.31. The Morgan fingerprint density at radius 2 is 1.78 bits per heavy atom. The normalized spacial score (nSPS) is 16.0. The van der Waals surface area contributed by atoms with E-state index in [4.69, 9.17) is 25.8 Å². The first-order chi connectivity index (χ1) is 19.6. The molecule has 2 heterocycles. The molecule has 3 aromatic carbocycles. The second kappa shape index (κ2) is 11.6. The van der Waals surface area contributed by atoms with Gasteiger partial charge in [-0.2, -0.15) is 13.2 Å². The zero-order valence-corrected chi connectivity index (χ0v) is 22.1. The minimum Gasteiger partial charge on any atom is -0.484 e. The van der Waals surface area contributed by atoms with Crippen molar-refractivity contribution in [1.29, 1.82) is 0 Å². The Morgan fingerprint density at radius 1 is 1.02 bits per heavy atom. The van der Waals surface area contributed by atoms with Gasteiger partial charge in [-0.05, 0) is 60.2 Å². The van der Waals surface area contributed by atoms with Gasteiger partial charge in [0.05, 0.1) is 16.5 Å². The number of hydrogen-bond donors (Lipinski definition) is 2. The summed E-state index contributed by atoms with van der Waals surface area (Å²) in [7, 11) is 0. The quantitative estimate of drug-likeness (QED) is 0.392. The fourth-order valence-electron chi connectivity index (χ4n) is 4.41. The lowest BCUT2D eigenvalue weighted by atomic mass is 10.1. The van der Waals surface area contributed by atoms with Crippen LogP contribution in [0.15, 0.2) is 60.7 Å². The molecule has 2 aliphatic rings. The highest BCUT2D eigenvalue weighted by Gasteiger charge is 2.35. The second-order valence-corrected chi connectivity index (χ2v) is 9.74. The maximum Gasteiger partial charge on any atom is 0.417 e. The summed E-state index contributed by atoms with van der Waals surface area (Å²) in [6.07, 6.45) is -4.60. The van der Waals surface area contributed by atoms with E-state index in [9.17, 15) is 27.6 Å². The predicted octanol–water partition coefficient (Wildman–Crippen LogP) is 4.77. The molecule has 2 aliphatic heterocycles. The number of nitrogens with one attached hydrogen (secondary N) is 2. The second-order valence-electron chi connectivity index (χ2n) is 9.33. The van der Waals surface area contributed by atoms with E-state index in [1.807, 2.05) is 6.07 Å². The van der Waals surface area contributed by atoms with Crippen molar-refractivity contribution in [2.75, 3.05) is 30.2 Å². The average Bonchev–Trinajstić information content (AvgIpc) is 3.57. The number of nitrogens with zero attached hydrogens (tertiary/aromatic N) is 1. The minimum absolute atomic E-state index is 0.0617. The lowest BCUT2D eigenvalue weighted by molar-refractivity contribution is -0.137. The molecule has 0 spiro atoms. The number of anilines is 2. The number of carbonyl (C=O) groups excluding carboxylic acids is 3. The summed E-state index contributed by atoms with van der Waals surface area (Å²) in [5.74, 6) is -0.0721. The average molecular weight is 590 g/mol. The summed E-state index contributed by atoms with van der Waals surface area (Å²) in [6.45, 7) is 0.182. The zero-order valence-electron chi connectivity index (χ0n) is 21.3. The molecule has 1 fully saturated rings. The molecule has 0 aliphatic carbocycles. The molecular formula is C28H23ClF3N3O6. The van der Waals surface area contributed by atoms with E-state index in [1.165, 1.54) is 11.0 Å². The van der Waals surface area contributed by atoms with E-state index < -0.39 is 35.2 Å². The van der Waals surface area contributed by atoms with Gasteiger partial charge in [-0.3, -0.25) is 14.4 Å². The van der Waals surface area contributed by atoms with Crippen LogP contribution in [0.1, 0.15) is 17.5 Å². The zero-order chi connectivity index (χ0) is 29.1. The number of fused-ring (bicyclic) bond motifs is 1. The first-order valence-corrected chi connectivity index (χ1v) is 12.8. The predicted molar refractivity (Wildman–Crippen MR) is 142 cm³/mol. The summed E-state index contributed by atoms with van der Waals surface area (Å²) in [5.41, 5.74) is 0.257. The Morgan fingerprint density at radius 3 is 2.54 bits per heavy atom. The van der Waals surface area contributed by atoms with E-state index in [2.05, 4.69) is 10.6 Å². The third-order valence-electron chi connectivity index (χ3n) is 6.47. The Balaban J connectivity index is 1.11.